The number of aromatic nitrogens is 1. The van der Waals surface area contributed by atoms with Gasteiger partial charge in [-0.1, -0.05) is 0 Å². The van der Waals surface area contributed by atoms with Crippen LogP contribution in [-0.2, 0) is 11.2 Å². The molecule has 0 saturated carbocycles. The van der Waals surface area contributed by atoms with Crippen LogP contribution >= 0.6 is 0 Å². The molecule has 1 aliphatic heterocycles. The molecule has 0 aliphatic carbocycles. The van der Waals surface area contributed by atoms with Crippen molar-refractivity contribution in [3.63, 3.8) is 0 Å². The van der Waals surface area contributed by atoms with Gasteiger partial charge in [0.2, 0.25) is 0 Å². The molecule has 0 spiro atoms. The lowest BCUT2D eigenvalue weighted by molar-refractivity contribution is 0.0666. The summed E-state index contributed by atoms with van der Waals surface area (Å²) in [6, 6.07) is 4.93. The van der Waals surface area contributed by atoms with E-state index in [-0.39, 0.29) is 5.82 Å². The average molecular weight is 233 g/mol. The van der Waals surface area contributed by atoms with Crippen molar-refractivity contribution in [2.24, 2.45) is 5.92 Å². The molecular formula is C14H16FNO. The number of ether oxygens (including phenoxy) is 1. The molecule has 0 amide bonds. The van der Waals surface area contributed by atoms with E-state index in [4.69, 9.17) is 4.74 Å². The van der Waals surface area contributed by atoms with E-state index in [2.05, 4.69) is 4.98 Å². The van der Waals surface area contributed by atoms with Gasteiger partial charge in [-0.3, -0.25) is 0 Å². The zero-order valence-electron chi connectivity index (χ0n) is 9.71. The third-order valence-corrected chi connectivity index (χ3v) is 3.58. The van der Waals surface area contributed by atoms with Gasteiger partial charge in [-0.25, -0.2) is 4.39 Å². The van der Waals surface area contributed by atoms with E-state index < -0.39 is 0 Å². The third-order valence-electron chi connectivity index (χ3n) is 3.58. The Hall–Kier alpha value is -1.35. The highest BCUT2D eigenvalue weighted by atomic mass is 19.1. The minimum atomic E-state index is -0.162. The second kappa shape index (κ2) is 4.49. The highest BCUT2D eigenvalue weighted by molar-refractivity contribution is 5.83. The number of fused-ring (bicyclic) bond motifs is 1. The Morgan fingerprint density at radius 3 is 2.94 bits per heavy atom. The molecule has 3 heteroatoms. The van der Waals surface area contributed by atoms with Gasteiger partial charge in [0, 0.05) is 30.3 Å². The molecule has 1 fully saturated rings. The van der Waals surface area contributed by atoms with Crippen molar-refractivity contribution in [2.75, 3.05) is 13.2 Å². The van der Waals surface area contributed by atoms with Crippen molar-refractivity contribution in [3.8, 4) is 0 Å². The maximum atomic E-state index is 13.2. The van der Waals surface area contributed by atoms with Crippen LogP contribution in [0.25, 0.3) is 10.9 Å². The first-order valence-electron chi connectivity index (χ1n) is 6.16. The Kier molecular flexibility index (Phi) is 2.85. The number of halogens is 1. The summed E-state index contributed by atoms with van der Waals surface area (Å²) in [5.41, 5.74) is 2.25. The second-order valence-corrected chi connectivity index (χ2v) is 4.76. The SMILES string of the molecule is Fc1ccc2[nH]cc(CC3CCOCC3)c2c1. The van der Waals surface area contributed by atoms with Crippen molar-refractivity contribution >= 4 is 10.9 Å². The van der Waals surface area contributed by atoms with Crippen molar-refractivity contribution in [3.05, 3.63) is 35.8 Å². The number of H-pyrrole nitrogens is 1. The highest BCUT2D eigenvalue weighted by Crippen LogP contribution is 2.25. The van der Waals surface area contributed by atoms with E-state index in [9.17, 15) is 4.39 Å². The van der Waals surface area contributed by atoms with Gasteiger partial charge in [0.05, 0.1) is 0 Å². The predicted molar refractivity (Wildman–Crippen MR) is 65.5 cm³/mol. The monoisotopic (exact) mass is 233 g/mol. The first kappa shape index (κ1) is 10.8. The lowest BCUT2D eigenvalue weighted by Gasteiger charge is -2.21. The summed E-state index contributed by atoms with van der Waals surface area (Å²) in [7, 11) is 0. The van der Waals surface area contributed by atoms with Crippen molar-refractivity contribution in [2.45, 2.75) is 19.3 Å². The molecule has 2 aromatic rings. The quantitative estimate of drug-likeness (QED) is 0.846. The van der Waals surface area contributed by atoms with Crippen LogP contribution in [0.15, 0.2) is 24.4 Å². The van der Waals surface area contributed by atoms with E-state index in [1.165, 1.54) is 11.6 Å². The third kappa shape index (κ3) is 2.20. The fourth-order valence-electron chi connectivity index (χ4n) is 2.58. The number of nitrogens with one attached hydrogen (secondary N) is 1. The summed E-state index contributed by atoms with van der Waals surface area (Å²) in [5.74, 6) is 0.511. The standard InChI is InChI=1S/C14H16FNO/c15-12-1-2-14-13(8-12)11(9-16-14)7-10-3-5-17-6-4-10/h1-2,8-10,16H,3-7H2. The van der Waals surface area contributed by atoms with Crippen LogP contribution in [0.2, 0.25) is 0 Å². The van der Waals surface area contributed by atoms with Crippen LogP contribution in [-0.4, -0.2) is 18.2 Å². The van der Waals surface area contributed by atoms with Gasteiger partial charge >= 0.3 is 0 Å². The molecule has 17 heavy (non-hydrogen) atoms. The molecule has 1 aliphatic rings. The minimum absolute atomic E-state index is 0.162. The summed E-state index contributed by atoms with van der Waals surface area (Å²) in [5, 5.41) is 1.02. The summed E-state index contributed by atoms with van der Waals surface area (Å²) >= 11 is 0. The fourth-order valence-corrected chi connectivity index (χ4v) is 2.58. The molecule has 0 bridgehead atoms. The van der Waals surface area contributed by atoms with E-state index >= 15 is 0 Å². The summed E-state index contributed by atoms with van der Waals surface area (Å²) in [6.07, 6.45) is 5.26. The second-order valence-electron chi connectivity index (χ2n) is 4.76. The van der Waals surface area contributed by atoms with Crippen molar-refractivity contribution in [1.29, 1.82) is 0 Å². The van der Waals surface area contributed by atoms with Crippen LogP contribution in [0.5, 0.6) is 0 Å². The minimum Gasteiger partial charge on any atom is -0.381 e. The highest BCUT2D eigenvalue weighted by Gasteiger charge is 2.16. The lowest BCUT2D eigenvalue weighted by atomic mass is 9.92. The smallest absolute Gasteiger partial charge is 0.123 e. The molecule has 1 aromatic heterocycles. The molecular weight excluding hydrogens is 217 g/mol. The molecule has 2 nitrogen and oxygen atoms in total. The Balaban J connectivity index is 1.86. The van der Waals surface area contributed by atoms with Crippen LogP contribution in [0.1, 0.15) is 18.4 Å². The maximum absolute atomic E-state index is 13.2. The van der Waals surface area contributed by atoms with Crippen LogP contribution in [0.3, 0.4) is 0 Å². The molecule has 1 aromatic carbocycles. The normalized spacial score (nSPS) is 17.7. The molecule has 1 saturated heterocycles. The molecule has 2 heterocycles. The number of benzene rings is 1. The maximum Gasteiger partial charge on any atom is 0.123 e. The van der Waals surface area contributed by atoms with Gasteiger partial charge in [0.15, 0.2) is 0 Å². The van der Waals surface area contributed by atoms with Gasteiger partial charge in [-0.15, -0.1) is 0 Å². The van der Waals surface area contributed by atoms with Crippen LogP contribution in [0, 0.1) is 11.7 Å². The predicted octanol–water partition coefficient (Wildman–Crippen LogP) is 3.28. The van der Waals surface area contributed by atoms with Crippen molar-refractivity contribution < 1.29 is 9.13 Å². The zero-order valence-corrected chi connectivity index (χ0v) is 9.71. The topological polar surface area (TPSA) is 25.0 Å². The van der Waals surface area contributed by atoms with Gasteiger partial charge in [-0.05, 0) is 48.9 Å². The van der Waals surface area contributed by atoms with Gasteiger partial charge in [-0.2, -0.15) is 0 Å². The first-order valence-corrected chi connectivity index (χ1v) is 6.16. The molecule has 90 valence electrons. The Labute approximate surface area is 99.8 Å². The van der Waals surface area contributed by atoms with Gasteiger partial charge in [0.25, 0.3) is 0 Å². The Bertz CT molecular complexity index is 514. The Morgan fingerprint density at radius 2 is 2.12 bits per heavy atom. The first-order chi connectivity index (χ1) is 8.33. The number of hydrogen-bond donors (Lipinski definition) is 1. The lowest BCUT2D eigenvalue weighted by Crippen LogP contribution is -2.17. The summed E-state index contributed by atoms with van der Waals surface area (Å²) < 4.78 is 18.6. The largest absolute Gasteiger partial charge is 0.381 e. The van der Waals surface area contributed by atoms with E-state index in [1.54, 1.807) is 12.1 Å². The van der Waals surface area contributed by atoms with E-state index in [0.717, 1.165) is 43.4 Å². The van der Waals surface area contributed by atoms with Crippen molar-refractivity contribution in [1.82, 2.24) is 4.98 Å². The zero-order chi connectivity index (χ0) is 11.7. The number of hydrogen-bond acceptors (Lipinski definition) is 1. The molecule has 3 rings (SSSR count). The van der Waals surface area contributed by atoms with Gasteiger partial charge < -0.3 is 9.72 Å². The fraction of sp³-hybridized carbons (Fsp3) is 0.429. The number of rotatable bonds is 2. The molecule has 0 atom stereocenters. The van der Waals surface area contributed by atoms with Crippen LogP contribution in [0.4, 0.5) is 4.39 Å². The summed E-state index contributed by atoms with van der Waals surface area (Å²) in [4.78, 5) is 3.21. The molecule has 0 radical (unpaired) electrons. The molecule has 1 N–H and O–H groups in total. The van der Waals surface area contributed by atoms with Gasteiger partial charge in [0.1, 0.15) is 5.82 Å². The summed E-state index contributed by atoms with van der Waals surface area (Å²) in [6.45, 7) is 1.72. The van der Waals surface area contributed by atoms with Crippen LogP contribution < -0.4 is 0 Å². The molecule has 0 unspecified atom stereocenters. The van der Waals surface area contributed by atoms with E-state index in [1.807, 2.05) is 6.20 Å². The average Bonchev–Trinajstić information content (AvgIpc) is 2.73. The number of aromatic amines is 1. The van der Waals surface area contributed by atoms with E-state index in [0.29, 0.717) is 5.92 Å². The Morgan fingerprint density at radius 1 is 1.29 bits per heavy atom.